The average Bonchev–Trinajstić information content (AvgIpc) is 2.96. The molecule has 0 spiro atoms. The molecule has 0 N–H and O–H groups in total. The largest absolute Gasteiger partial charge is 0.450 e. The Morgan fingerprint density at radius 1 is 1.29 bits per heavy atom. The lowest BCUT2D eigenvalue weighted by atomic mass is 10.3. The third-order valence-corrected chi connectivity index (χ3v) is 3.17. The van der Waals surface area contributed by atoms with Gasteiger partial charge in [-0.2, -0.15) is 18.6 Å². The van der Waals surface area contributed by atoms with Crippen molar-refractivity contribution in [2.24, 2.45) is 0 Å². The first-order chi connectivity index (χ1) is 10.0. The maximum atomic E-state index is 12.7. The molecular weight excluding hydrogens is 286 g/mol. The minimum atomic E-state index is -2.86. The second-order valence-corrected chi connectivity index (χ2v) is 4.42. The summed E-state index contributed by atoms with van der Waals surface area (Å²) in [5, 5.41) is 3.43. The minimum absolute atomic E-state index is 0.158. The summed E-state index contributed by atoms with van der Waals surface area (Å²) >= 11 is 0. The number of carbonyl (C=O) groups excluding carboxylic acids is 2. The van der Waals surface area contributed by atoms with E-state index in [1.807, 2.05) is 0 Å². The van der Waals surface area contributed by atoms with Crippen LogP contribution in [0.5, 0.6) is 0 Å². The smallest absolute Gasteiger partial charge is 0.409 e. The Bertz CT molecular complexity index is 512. The van der Waals surface area contributed by atoms with E-state index in [4.69, 9.17) is 4.74 Å². The first-order valence-corrected chi connectivity index (χ1v) is 6.57. The van der Waals surface area contributed by atoms with Crippen molar-refractivity contribution in [1.82, 2.24) is 19.6 Å². The standard InChI is InChI=1S/C12H16F2N4O3/c1-2-21-12(20)17-7-5-16(6-8-17)10(19)9-3-4-15-18(9)11(13)14/h3-4,11H,2,5-8H2,1H3. The second kappa shape index (κ2) is 6.51. The van der Waals surface area contributed by atoms with Crippen LogP contribution in [0.25, 0.3) is 0 Å². The molecule has 1 aliphatic rings. The predicted octanol–water partition coefficient (Wildman–Crippen LogP) is 1.19. The number of carbonyl (C=O) groups is 2. The molecule has 2 rings (SSSR count). The lowest BCUT2D eigenvalue weighted by molar-refractivity contribution is 0.0413. The second-order valence-electron chi connectivity index (χ2n) is 4.42. The third kappa shape index (κ3) is 3.29. The molecule has 1 fully saturated rings. The number of hydrogen-bond donors (Lipinski definition) is 0. The summed E-state index contributed by atoms with van der Waals surface area (Å²) < 4.78 is 30.7. The van der Waals surface area contributed by atoms with Crippen molar-refractivity contribution in [2.45, 2.75) is 13.5 Å². The molecule has 0 atom stereocenters. The van der Waals surface area contributed by atoms with Gasteiger partial charge in [-0.05, 0) is 13.0 Å². The van der Waals surface area contributed by atoms with Gasteiger partial charge in [-0.25, -0.2) is 4.79 Å². The van der Waals surface area contributed by atoms with E-state index < -0.39 is 18.5 Å². The Kier molecular flexibility index (Phi) is 4.71. The molecule has 0 radical (unpaired) electrons. The van der Waals surface area contributed by atoms with E-state index in [0.717, 1.165) is 6.20 Å². The van der Waals surface area contributed by atoms with Crippen molar-refractivity contribution in [2.75, 3.05) is 32.8 Å². The van der Waals surface area contributed by atoms with Crippen molar-refractivity contribution in [3.63, 3.8) is 0 Å². The molecule has 7 nitrogen and oxygen atoms in total. The number of piperazine rings is 1. The number of hydrogen-bond acceptors (Lipinski definition) is 4. The van der Waals surface area contributed by atoms with Crippen molar-refractivity contribution >= 4 is 12.0 Å². The van der Waals surface area contributed by atoms with Gasteiger partial charge >= 0.3 is 12.6 Å². The van der Waals surface area contributed by atoms with E-state index in [9.17, 15) is 18.4 Å². The van der Waals surface area contributed by atoms with Gasteiger partial charge in [0.05, 0.1) is 6.61 Å². The molecule has 0 unspecified atom stereocenters. The van der Waals surface area contributed by atoms with Crippen LogP contribution in [0.4, 0.5) is 13.6 Å². The van der Waals surface area contributed by atoms with Gasteiger partial charge < -0.3 is 14.5 Å². The number of nitrogens with zero attached hydrogens (tertiary/aromatic N) is 4. The van der Waals surface area contributed by atoms with Crippen LogP contribution in [0, 0.1) is 0 Å². The normalized spacial score (nSPS) is 15.4. The first kappa shape index (κ1) is 15.2. The summed E-state index contributed by atoms with van der Waals surface area (Å²) in [5.41, 5.74) is -0.158. The van der Waals surface area contributed by atoms with Crippen molar-refractivity contribution in [3.05, 3.63) is 18.0 Å². The Hall–Kier alpha value is -2.19. The van der Waals surface area contributed by atoms with Gasteiger partial charge in [-0.1, -0.05) is 0 Å². The molecule has 21 heavy (non-hydrogen) atoms. The van der Waals surface area contributed by atoms with Crippen LogP contribution in [-0.4, -0.2) is 64.4 Å². The minimum Gasteiger partial charge on any atom is -0.450 e. The molecule has 0 aromatic carbocycles. The van der Waals surface area contributed by atoms with Gasteiger partial charge in [0.15, 0.2) is 0 Å². The predicted molar refractivity (Wildman–Crippen MR) is 68.0 cm³/mol. The molecule has 1 aliphatic heterocycles. The number of amides is 2. The van der Waals surface area contributed by atoms with Gasteiger partial charge in [-0.15, -0.1) is 0 Å². The zero-order valence-corrected chi connectivity index (χ0v) is 11.5. The molecule has 1 saturated heterocycles. The number of aromatic nitrogens is 2. The van der Waals surface area contributed by atoms with Gasteiger partial charge in [-0.3, -0.25) is 4.79 Å². The van der Waals surface area contributed by atoms with E-state index in [2.05, 4.69) is 5.10 Å². The summed E-state index contributed by atoms with van der Waals surface area (Å²) in [5.74, 6) is -0.517. The quantitative estimate of drug-likeness (QED) is 0.841. The Labute approximate surface area is 120 Å². The van der Waals surface area contributed by atoms with Crippen LogP contribution in [0.2, 0.25) is 0 Å². The number of halogens is 2. The van der Waals surface area contributed by atoms with E-state index >= 15 is 0 Å². The maximum Gasteiger partial charge on any atom is 0.409 e. The van der Waals surface area contributed by atoms with E-state index in [1.54, 1.807) is 6.92 Å². The average molecular weight is 302 g/mol. The fourth-order valence-corrected chi connectivity index (χ4v) is 2.11. The lowest BCUT2D eigenvalue weighted by Crippen LogP contribution is -2.51. The zero-order valence-electron chi connectivity index (χ0n) is 11.5. The van der Waals surface area contributed by atoms with Crippen LogP contribution in [0.1, 0.15) is 24.0 Å². The molecule has 116 valence electrons. The first-order valence-electron chi connectivity index (χ1n) is 6.57. The molecule has 2 amide bonds. The zero-order chi connectivity index (χ0) is 15.4. The van der Waals surface area contributed by atoms with Crippen LogP contribution < -0.4 is 0 Å². The SMILES string of the molecule is CCOC(=O)N1CCN(C(=O)c2ccnn2C(F)F)CC1. The Morgan fingerprint density at radius 3 is 2.48 bits per heavy atom. The molecule has 0 saturated carbocycles. The highest BCUT2D eigenvalue weighted by Gasteiger charge is 2.28. The number of rotatable bonds is 3. The highest BCUT2D eigenvalue weighted by atomic mass is 19.3. The van der Waals surface area contributed by atoms with Crippen molar-refractivity contribution in [1.29, 1.82) is 0 Å². The molecule has 0 bridgehead atoms. The topological polar surface area (TPSA) is 67.7 Å². The summed E-state index contributed by atoms with van der Waals surface area (Å²) in [4.78, 5) is 26.6. The third-order valence-electron chi connectivity index (χ3n) is 3.17. The van der Waals surface area contributed by atoms with Gasteiger partial charge in [0.1, 0.15) is 5.69 Å². The van der Waals surface area contributed by atoms with Crippen molar-refractivity contribution < 1.29 is 23.1 Å². The van der Waals surface area contributed by atoms with Crippen LogP contribution in [-0.2, 0) is 4.74 Å². The van der Waals surface area contributed by atoms with Gasteiger partial charge in [0.25, 0.3) is 5.91 Å². The number of ether oxygens (including phenoxy) is 1. The van der Waals surface area contributed by atoms with Gasteiger partial charge in [0, 0.05) is 32.4 Å². The molecule has 1 aromatic heterocycles. The highest BCUT2D eigenvalue weighted by Crippen LogP contribution is 2.15. The summed E-state index contributed by atoms with van der Waals surface area (Å²) in [7, 11) is 0. The Morgan fingerprint density at radius 2 is 1.90 bits per heavy atom. The molecular formula is C12H16F2N4O3. The van der Waals surface area contributed by atoms with E-state index in [0.29, 0.717) is 17.8 Å². The maximum absolute atomic E-state index is 12.7. The van der Waals surface area contributed by atoms with Crippen LogP contribution in [0.3, 0.4) is 0 Å². The molecule has 9 heteroatoms. The Balaban J connectivity index is 1.97. The van der Waals surface area contributed by atoms with E-state index in [1.165, 1.54) is 15.9 Å². The van der Waals surface area contributed by atoms with Crippen LogP contribution >= 0.6 is 0 Å². The fraction of sp³-hybridized carbons (Fsp3) is 0.583. The molecule has 0 aliphatic carbocycles. The summed E-state index contributed by atoms with van der Waals surface area (Å²) in [6, 6.07) is 1.26. The summed E-state index contributed by atoms with van der Waals surface area (Å²) in [6.07, 6.45) is 0.732. The van der Waals surface area contributed by atoms with Crippen molar-refractivity contribution in [3.8, 4) is 0 Å². The highest BCUT2D eigenvalue weighted by molar-refractivity contribution is 5.92. The fourth-order valence-electron chi connectivity index (χ4n) is 2.11. The monoisotopic (exact) mass is 302 g/mol. The molecule has 2 heterocycles. The molecule has 1 aromatic rings. The lowest BCUT2D eigenvalue weighted by Gasteiger charge is -2.34. The van der Waals surface area contributed by atoms with Gasteiger partial charge in [0.2, 0.25) is 0 Å². The van der Waals surface area contributed by atoms with Crippen LogP contribution in [0.15, 0.2) is 12.3 Å². The van der Waals surface area contributed by atoms with E-state index in [-0.39, 0.29) is 25.4 Å². The summed E-state index contributed by atoms with van der Waals surface area (Å²) in [6.45, 7) is 0.299. The number of alkyl halides is 2.